The van der Waals surface area contributed by atoms with E-state index >= 15 is 0 Å². The lowest BCUT2D eigenvalue weighted by molar-refractivity contribution is -0.0511. The van der Waals surface area contributed by atoms with Crippen LogP contribution in [0.5, 0.6) is 0 Å². The largest absolute Gasteiger partial charge is 0.394 e. The molecule has 4 atom stereocenters. The van der Waals surface area contributed by atoms with E-state index in [1.807, 2.05) is 12.1 Å². The highest BCUT2D eigenvalue weighted by Gasteiger charge is 2.44. The van der Waals surface area contributed by atoms with E-state index in [4.69, 9.17) is 27.9 Å². The summed E-state index contributed by atoms with van der Waals surface area (Å²) in [6.45, 7) is 2.56. The van der Waals surface area contributed by atoms with Crippen molar-refractivity contribution in [1.29, 1.82) is 0 Å². The van der Waals surface area contributed by atoms with Crippen LogP contribution in [-0.2, 0) is 4.74 Å². The Morgan fingerprint density at radius 1 is 0.969 bits per heavy atom. The second-order valence-electron chi connectivity index (χ2n) is 7.82. The molecule has 12 heteroatoms. The third-order valence-corrected chi connectivity index (χ3v) is 6.72. The molecule has 0 saturated carbocycles. The first-order valence-electron chi connectivity index (χ1n) is 10.2. The lowest BCUT2D eigenvalue weighted by atomic mass is 10.1. The van der Waals surface area contributed by atoms with Crippen molar-refractivity contribution in [2.75, 3.05) is 42.6 Å². The van der Waals surface area contributed by atoms with Gasteiger partial charge in [-0.2, -0.15) is 0 Å². The van der Waals surface area contributed by atoms with Crippen LogP contribution in [0.1, 0.15) is 6.23 Å². The molecule has 0 bridgehead atoms. The van der Waals surface area contributed by atoms with Crippen LogP contribution in [0.4, 0.5) is 11.5 Å². The van der Waals surface area contributed by atoms with Crippen LogP contribution in [-0.4, -0.2) is 85.9 Å². The number of aliphatic hydroxyl groups excluding tert-OH is 3. The van der Waals surface area contributed by atoms with E-state index in [1.165, 1.54) is 12.7 Å². The molecule has 170 valence electrons. The number of fused-ring (bicyclic) bond motifs is 1. The minimum Gasteiger partial charge on any atom is -0.394 e. The Kier molecular flexibility index (Phi) is 5.82. The molecule has 3 aromatic rings. The Labute approximate surface area is 193 Å². The summed E-state index contributed by atoms with van der Waals surface area (Å²) in [5.41, 5.74) is 2.07. The van der Waals surface area contributed by atoms with Crippen molar-refractivity contribution in [3.8, 4) is 0 Å². The Bertz CT molecular complexity index is 1120. The number of benzene rings is 1. The number of hydrogen-bond acceptors (Lipinski definition) is 9. The van der Waals surface area contributed by atoms with Gasteiger partial charge >= 0.3 is 0 Å². The highest BCUT2D eigenvalue weighted by Crippen LogP contribution is 2.33. The second-order valence-corrected chi connectivity index (χ2v) is 8.64. The van der Waals surface area contributed by atoms with Crippen LogP contribution in [0, 0.1) is 0 Å². The molecule has 3 N–H and O–H groups in total. The molecule has 0 radical (unpaired) electrons. The van der Waals surface area contributed by atoms with Gasteiger partial charge in [-0.3, -0.25) is 4.57 Å². The van der Waals surface area contributed by atoms with E-state index in [2.05, 4.69) is 24.8 Å². The molecular formula is C20H22Cl2N6O4. The average Bonchev–Trinajstić information content (AvgIpc) is 3.36. The molecule has 1 aromatic carbocycles. The molecule has 0 unspecified atom stereocenters. The van der Waals surface area contributed by atoms with Crippen LogP contribution < -0.4 is 9.80 Å². The van der Waals surface area contributed by atoms with Crippen molar-refractivity contribution in [3.63, 3.8) is 0 Å². The molecule has 10 nitrogen and oxygen atoms in total. The highest BCUT2D eigenvalue weighted by atomic mass is 35.5. The maximum atomic E-state index is 10.4. The highest BCUT2D eigenvalue weighted by molar-refractivity contribution is 6.42. The van der Waals surface area contributed by atoms with Gasteiger partial charge in [-0.15, -0.1) is 0 Å². The van der Waals surface area contributed by atoms with Gasteiger partial charge in [-0.05, 0) is 18.2 Å². The summed E-state index contributed by atoms with van der Waals surface area (Å²) in [4.78, 5) is 17.6. The maximum Gasteiger partial charge on any atom is 0.167 e. The first-order valence-corrected chi connectivity index (χ1v) is 11.0. The van der Waals surface area contributed by atoms with Crippen molar-refractivity contribution < 1.29 is 20.1 Å². The third-order valence-electron chi connectivity index (χ3n) is 5.98. The molecule has 2 saturated heterocycles. The summed E-state index contributed by atoms with van der Waals surface area (Å²) in [6, 6.07) is 5.62. The second kappa shape index (κ2) is 8.62. The topological polar surface area (TPSA) is 120 Å². The Morgan fingerprint density at radius 2 is 1.72 bits per heavy atom. The molecule has 2 aromatic heterocycles. The third kappa shape index (κ3) is 3.66. The average molecular weight is 481 g/mol. The van der Waals surface area contributed by atoms with Gasteiger partial charge in [0.1, 0.15) is 24.6 Å². The monoisotopic (exact) mass is 480 g/mol. The molecule has 4 heterocycles. The van der Waals surface area contributed by atoms with Gasteiger partial charge in [0.25, 0.3) is 0 Å². The van der Waals surface area contributed by atoms with E-state index in [0.717, 1.165) is 18.8 Å². The fraction of sp³-hybridized carbons (Fsp3) is 0.450. The fourth-order valence-electron chi connectivity index (χ4n) is 4.23. The molecular weight excluding hydrogens is 459 g/mol. The van der Waals surface area contributed by atoms with Gasteiger partial charge in [0.15, 0.2) is 23.2 Å². The number of hydrogen-bond donors (Lipinski definition) is 3. The van der Waals surface area contributed by atoms with Crippen LogP contribution in [0.3, 0.4) is 0 Å². The predicted molar refractivity (Wildman–Crippen MR) is 119 cm³/mol. The molecule has 2 aliphatic heterocycles. The summed E-state index contributed by atoms with van der Waals surface area (Å²) in [7, 11) is 0. The summed E-state index contributed by atoms with van der Waals surface area (Å²) in [5, 5.41) is 30.9. The Morgan fingerprint density at radius 3 is 2.41 bits per heavy atom. The quantitative estimate of drug-likeness (QED) is 0.503. The number of nitrogens with zero attached hydrogens (tertiary/aromatic N) is 6. The van der Waals surface area contributed by atoms with Gasteiger partial charge in [-0.25, -0.2) is 15.0 Å². The van der Waals surface area contributed by atoms with Gasteiger partial charge in [0.2, 0.25) is 0 Å². The van der Waals surface area contributed by atoms with E-state index in [9.17, 15) is 15.3 Å². The van der Waals surface area contributed by atoms with E-state index in [1.54, 1.807) is 10.6 Å². The number of rotatable bonds is 4. The zero-order chi connectivity index (χ0) is 22.4. The fourth-order valence-corrected chi connectivity index (χ4v) is 4.52. The van der Waals surface area contributed by atoms with Crippen molar-refractivity contribution >= 4 is 45.9 Å². The van der Waals surface area contributed by atoms with E-state index in [0.29, 0.717) is 40.1 Å². The summed E-state index contributed by atoms with van der Waals surface area (Å²) in [6.07, 6.45) is -1.22. The van der Waals surface area contributed by atoms with Gasteiger partial charge < -0.3 is 29.9 Å². The molecule has 0 amide bonds. The Hall–Kier alpha value is -2.21. The van der Waals surface area contributed by atoms with Crippen molar-refractivity contribution in [1.82, 2.24) is 19.5 Å². The van der Waals surface area contributed by atoms with Crippen LogP contribution >= 0.6 is 23.2 Å². The maximum absolute atomic E-state index is 10.4. The van der Waals surface area contributed by atoms with E-state index < -0.39 is 31.1 Å². The normalized spacial score (nSPS) is 26.3. The van der Waals surface area contributed by atoms with E-state index in [-0.39, 0.29) is 0 Å². The van der Waals surface area contributed by atoms with Crippen molar-refractivity contribution in [3.05, 3.63) is 40.9 Å². The summed E-state index contributed by atoms with van der Waals surface area (Å²) in [5.74, 6) is 0.689. The zero-order valence-corrected chi connectivity index (χ0v) is 18.4. The lowest BCUT2D eigenvalue weighted by Gasteiger charge is -2.36. The molecule has 0 aliphatic carbocycles. The Balaban J connectivity index is 1.36. The first kappa shape index (κ1) is 21.6. The summed E-state index contributed by atoms with van der Waals surface area (Å²) >= 11 is 12.2. The number of anilines is 2. The number of ether oxygens (including phenoxy) is 1. The number of aromatic nitrogens is 4. The molecule has 32 heavy (non-hydrogen) atoms. The van der Waals surface area contributed by atoms with Crippen molar-refractivity contribution in [2.45, 2.75) is 24.5 Å². The molecule has 2 fully saturated rings. The number of piperazine rings is 1. The van der Waals surface area contributed by atoms with Crippen LogP contribution in [0.15, 0.2) is 30.9 Å². The predicted octanol–water partition coefficient (Wildman–Crippen LogP) is 1.07. The minimum atomic E-state index is -1.21. The van der Waals surface area contributed by atoms with Gasteiger partial charge in [-0.1, -0.05) is 23.2 Å². The first-order chi connectivity index (χ1) is 15.5. The zero-order valence-electron chi connectivity index (χ0n) is 16.9. The van der Waals surface area contributed by atoms with Crippen molar-refractivity contribution in [2.24, 2.45) is 0 Å². The standard InChI is InChI=1S/C20H22Cl2N6O4/c21-12-2-1-11(7-13(12)22)26-3-5-27(6-4-26)18-15-19(24-9-23-18)28(10-25-15)20-17(31)16(30)14(8-29)32-20/h1-2,7,9-10,14,16-17,20,29-31H,3-6,8H2/t14-,16-,17-,20-/m1/s1. The number of imidazole rings is 1. The SMILES string of the molecule is OC[C@H]1O[C@@H](n2cnc3c(N4CCN(c5ccc(Cl)c(Cl)c5)CC4)ncnc32)[C@H](O)[C@@H]1O. The van der Waals surface area contributed by atoms with Crippen LogP contribution in [0.2, 0.25) is 10.0 Å². The summed E-state index contributed by atoms with van der Waals surface area (Å²) < 4.78 is 7.19. The van der Waals surface area contributed by atoms with Crippen LogP contribution in [0.25, 0.3) is 11.2 Å². The number of halogens is 2. The van der Waals surface area contributed by atoms with Gasteiger partial charge in [0.05, 0.1) is 23.0 Å². The lowest BCUT2D eigenvalue weighted by Crippen LogP contribution is -2.47. The molecule has 5 rings (SSSR count). The molecule has 2 aliphatic rings. The van der Waals surface area contributed by atoms with Gasteiger partial charge in [0, 0.05) is 31.9 Å². The molecule has 0 spiro atoms. The smallest absolute Gasteiger partial charge is 0.167 e. The number of aliphatic hydroxyl groups is 3. The minimum absolute atomic E-state index is 0.398.